The number of pyridine rings is 1. The third-order valence-electron chi connectivity index (χ3n) is 4.51. The topological polar surface area (TPSA) is 81.6 Å². The minimum Gasteiger partial charge on any atom is -0.482 e. The van der Waals surface area contributed by atoms with Gasteiger partial charge in [0.1, 0.15) is 17.3 Å². The highest BCUT2D eigenvalue weighted by Crippen LogP contribution is 2.38. The predicted molar refractivity (Wildman–Crippen MR) is 115 cm³/mol. The number of benzene rings is 1. The number of fused-ring (bicyclic) bond motifs is 1. The Labute approximate surface area is 178 Å². The van der Waals surface area contributed by atoms with Crippen molar-refractivity contribution in [1.82, 2.24) is 9.97 Å². The number of carbonyl (C=O) groups is 2. The fraction of sp³-hybridized carbons (Fsp3) is 0.273. The van der Waals surface area contributed by atoms with Crippen LogP contribution in [0.4, 0.5) is 5.69 Å². The van der Waals surface area contributed by atoms with Crippen molar-refractivity contribution >= 4 is 28.9 Å². The normalized spacial score (nSPS) is 13.2. The number of aryl methyl sites for hydroxylation is 1. The highest BCUT2D eigenvalue weighted by molar-refractivity contribution is 7.15. The number of carbonyl (C=O) groups excluding carboxylic acids is 2. The second-order valence-corrected chi connectivity index (χ2v) is 8.33. The number of thiazole rings is 1. The van der Waals surface area contributed by atoms with E-state index in [0.29, 0.717) is 11.4 Å². The van der Waals surface area contributed by atoms with Crippen molar-refractivity contribution in [3.8, 4) is 27.7 Å². The molecule has 1 aromatic carbocycles. The summed E-state index contributed by atoms with van der Waals surface area (Å²) in [4.78, 5) is 36.2. The zero-order valence-electron chi connectivity index (χ0n) is 16.9. The molecule has 7 nitrogen and oxygen atoms in total. The lowest BCUT2D eigenvalue weighted by atomic mass is 10.1. The SMILES string of the molecule is Cc1sc(-c2ccccn2)nc1-c1ccc2c(c1)N(CC(=O)OC(C)C)C(=O)CO2. The third kappa shape index (κ3) is 4.04. The summed E-state index contributed by atoms with van der Waals surface area (Å²) in [6, 6.07) is 11.3. The molecule has 0 radical (unpaired) electrons. The van der Waals surface area contributed by atoms with Gasteiger partial charge in [-0.25, -0.2) is 4.98 Å². The predicted octanol–water partition coefficient (Wildman–Crippen LogP) is 3.86. The van der Waals surface area contributed by atoms with Crippen molar-refractivity contribution < 1.29 is 19.1 Å². The van der Waals surface area contributed by atoms with Crippen molar-refractivity contribution in [1.29, 1.82) is 0 Å². The smallest absolute Gasteiger partial charge is 0.326 e. The summed E-state index contributed by atoms with van der Waals surface area (Å²) in [6.45, 7) is 5.27. The Morgan fingerprint density at radius 3 is 2.87 bits per heavy atom. The Kier molecular flexibility index (Phi) is 5.50. The molecule has 30 heavy (non-hydrogen) atoms. The number of esters is 1. The molecule has 0 atom stereocenters. The molecule has 1 aliphatic heterocycles. The Morgan fingerprint density at radius 2 is 2.13 bits per heavy atom. The first-order chi connectivity index (χ1) is 14.4. The molecule has 0 spiro atoms. The average molecular weight is 423 g/mol. The summed E-state index contributed by atoms with van der Waals surface area (Å²) in [5.74, 6) is -0.197. The van der Waals surface area contributed by atoms with Gasteiger partial charge in [-0.1, -0.05) is 6.07 Å². The Bertz CT molecular complexity index is 1100. The fourth-order valence-corrected chi connectivity index (χ4v) is 4.13. The number of hydrogen-bond donors (Lipinski definition) is 0. The van der Waals surface area contributed by atoms with Crippen LogP contribution in [0.1, 0.15) is 18.7 Å². The number of rotatable bonds is 5. The third-order valence-corrected chi connectivity index (χ3v) is 5.50. The molecule has 0 saturated heterocycles. The molecule has 0 saturated carbocycles. The molecular weight excluding hydrogens is 402 g/mol. The molecule has 0 bridgehead atoms. The summed E-state index contributed by atoms with van der Waals surface area (Å²) >= 11 is 1.56. The number of anilines is 1. The lowest BCUT2D eigenvalue weighted by Gasteiger charge is -2.29. The highest BCUT2D eigenvalue weighted by atomic mass is 32.1. The van der Waals surface area contributed by atoms with Crippen LogP contribution in [0.3, 0.4) is 0 Å². The first-order valence-corrected chi connectivity index (χ1v) is 10.4. The van der Waals surface area contributed by atoms with Gasteiger partial charge in [0, 0.05) is 16.6 Å². The largest absolute Gasteiger partial charge is 0.482 e. The number of amides is 1. The van der Waals surface area contributed by atoms with E-state index in [0.717, 1.165) is 26.8 Å². The maximum atomic E-state index is 12.5. The number of aromatic nitrogens is 2. The van der Waals surface area contributed by atoms with Gasteiger partial charge >= 0.3 is 5.97 Å². The molecule has 0 N–H and O–H groups in total. The summed E-state index contributed by atoms with van der Waals surface area (Å²) in [6.07, 6.45) is 1.49. The molecule has 1 aliphatic rings. The Balaban J connectivity index is 1.69. The van der Waals surface area contributed by atoms with E-state index in [-0.39, 0.29) is 25.2 Å². The van der Waals surface area contributed by atoms with Gasteiger partial charge in [-0.2, -0.15) is 0 Å². The maximum Gasteiger partial charge on any atom is 0.326 e. The van der Waals surface area contributed by atoms with Gasteiger partial charge < -0.3 is 9.47 Å². The second kappa shape index (κ2) is 8.23. The van der Waals surface area contributed by atoms with E-state index in [9.17, 15) is 9.59 Å². The highest BCUT2D eigenvalue weighted by Gasteiger charge is 2.29. The standard InChI is InChI=1S/C22H21N3O4S/c1-13(2)29-20(27)11-25-17-10-15(7-8-18(17)28-12-19(25)26)21-14(3)30-22(24-21)16-6-4-5-9-23-16/h4-10,13H,11-12H2,1-3H3. The molecule has 0 fully saturated rings. The Hall–Kier alpha value is -3.26. The lowest BCUT2D eigenvalue weighted by molar-refractivity contribution is -0.146. The van der Waals surface area contributed by atoms with Crippen LogP contribution in [0.15, 0.2) is 42.6 Å². The van der Waals surface area contributed by atoms with Crippen LogP contribution in [0.5, 0.6) is 5.75 Å². The Morgan fingerprint density at radius 1 is 1.30 bits per heavy atom. The number of nitrogens with zero attached hydrogens (tertiary/aromatic N) is 3. The van der Waals surface area contributed by atoms with E-state index < -0.39 is 5.97 Å². The molecule has 2 aromatic heterocycles. The molecule has 0 aliphatic carbocycles. The quantitative estimate of drug-likeness (QED) is 0.580. The van der Waals surface area contributed by atoms with Crippen molar-refractivity contribution in [2.45, 2.75) is 26.9 Å². The molecule has 154 valence electrons. The van der Waals surface area contributed by atoms with E-state index in [1.165, 1.54) is 4.90 Å². The molecule has 4 rings (SSSR count). The zero-order valence-corrected chi connectivity index (χ0v) is 17.7. The van der Waals surface area contributed by atoms with Gasteiger partial charge in [0.2, 0.25) is 0 Å². The first kappa shape index (κ1) is 20.0. The number of hydrogen-bond acceptors (Lipinski definition) is 7. The van der Waals surface area contributed by atoms with E-state index >= 15 is 0 Å². The first-order valence-electron chi connectivity index (χ1n) is 9.58. The van der Waals surface area contributed by atoms with Crippen LogP contribution < -0.4 is 9.64 Å². The average Bonchev–Trinajstić information content (AvgIpc) is 3.11. The van der Waals surface area contributed by atoms with E-state index in [1.54, 1.807) is 37.4 Å². The molecule has 8 heteroatoms. The maximum absolute atomic E-state index is 12.5. The summed E-state index contributed by atoms with van der Waals surface area (Å²) in [5, 5.41) is 0.825. The lowest BCUT2D eigenvalue weighted by Crippen LogP contribution is -2.42. The van der Waals surface area contributed by atoms with Crippen LogP contribution in [-0.4, -0.2) is 41.1 Å². The van der Waals surface area contributed by atoms with Gasteiger partial charge in [-0.3, -0.25) is 19.5 Å². The number of ether oxygens (including phenoxy) is 2. The summed E-state index contributed by atoms with van der Waals surface area (Å²) < 4.78 is 10.8. The monoisotopic (exact) mass is 423 g/mol. The molecule has 0 unspecified atom stereocenters. The molecule has 3 aromatic rings. The van der Waals surface area contributed by atoms with Crippen LogP contribution in [0, 0.1) is 6.92 Å². The van der Waals surface area contributed by atoms with E-state index in [1.807, 2.05) is 37.3 Å². The summed E-state index contributed by atoms with van der Waals surface area (Å²) in [7, 11) is 0. The second-order valence-electron chi connectivity index (χ2n) is 7.13. The van der Waals surface area contributed by atoms with Crippen molar-refractivity contribution in [3.05, 3.63) is 47.5 Å². The van der Waals surface area contributed by atoms with Crippen LogP contribution >= 0.6 is 11.3 Å². The van der Waals surface area contributed by atoms with E-state index in [2.05, 4.69) is 4.98 Å². The molecule has 3 heterocycles. The van der Waals surface area contributed by atoms with E-state index in [4.69, 9.17) is 14.5 Å². The summed E-state index contributed by atoms with van der Waals surface area (Å²) in [5.41, 5.74) is 3.00. The van der Waals surface area contributed by atoms with Gasteiger partial charge in [0.05, 0.1) is 23.2 Å². The van der Waals surface area contributed by atoms with Crippen LogP contribution in [-0.2, 0) is 14.3 Å². The fourth-order valence-electron chi connectivity index (χ4n) is 3.22. The van der Waals surface area contributed by atoms with Gasteiger partial charge in [0.15, 0.2) is 6.61 Å². The minimum absolute atomic E-state index is 0.110. The van der Waals surface area contributed by atoms with Gasteiger partial charge in [-0.15, -0.1) is 11.3 Å². The van der Waals surface area contributed by atoms with Crippen LogP contribution in [0.2, 0.25) is 0 Å². The van der Waals surface area contributed by atoms with Crippen molar-refractivity contribution in [2.24, 2.45) is 0 Å². The molecular formula is C22H21N3O4S. The van der Waals surface area contributed by atoms with Crippen LogP contribution in [0.25, 0.3) is 22.0 Å². The van der Waals surface area contributed by atoms with Gasteiger partial charge in [0.25, 0.3) is 5.91 Å². The molecule has 1 amide bonds. The van der Waals surface area contributed by atoms with Gasteiger partial charge in [-0.05, 0) is 51.1 Å². The van der Waals surface area contributed by atoms with Crippen molar-refractivity contribution in [2.75, 3.05) is 18.1 Å². The minimum atomic E-state index is -0.459. The zero-order chi connectivity index (χ0) is 21.3. The van der Waals surface area contributed by atoms with Crippen molar-refractivity contribution in [3.63, 3.8) is 0 Å².